The average Bonchev–Trinajstić information content (AvgIpc) is 2.29. The van der Waals surface area contributed by atoms with Crippen LogP contribution in [0.2, 0.25) is 0 Å². The Balaban J connectivity index is 3.22. The van der Waals surface area contributed by atoms with Crippen LogP contribution >= 0.6 is 15.9 Å². The third-order valence-corrected chi connectivity index (χ3v) is 2.63. The summed E-state index contributed by atoms with van der Waals surface area (Å²) in [5, 5.41) is 0. The van der Waals surface area contributed by atoms with Crippen molar-refractivity contribution in [1.29, 1.82) is 0 Å². The third-order valence-electron chi connectivity index (χ3n) is 1.94. The zero-order valence-corrected chi connectivity index (χ0v) is 10.5. The van der Waals surface area contributed by atoms with Gasteiger partial charge in [-0.2, -0.15) is 0 Å². The molecule has 0 saturated heterocycles. The maximum absolute atomic E-state index is 11.6. The molecular formula is C11H11BrO4. The second kappa shape index (κ2) is 5.65. The van der Waals surface area contributed by atoms with Crippen molar-refractivity contribution in [1.82, 2.24) is 0 Å². The van der Waals surface area contributed by atoms with E-state index in [1.54, 1.807) is 6.92 Å². The lowest BCUT2D eigenvalue weighted by molar-refractivity contribution is 0.0522. The molecule has 0 heterocycles. The van der Waals surface area contributed by atoms with E-state index in [0.29, 0.717) is 27.6 Å². The van der Waals surface area contributed by atoms with E-state index in [2.05, 4.69) is 15.9 Å². The Morgan fingerprint density at radius 1 is 1.50 bits per heavy atom. The lowest BCUT2D eigenvalue weighted by atomic mass is 10.1. The van der Waals surface area contributed by atoms with Crippen LogP contribution < -0.4 is 4.74 Å². The molecule has 0 fully saturated rings. The summed E-state index contributed by atoms with van der Waals surface area (Å²) in [6, 6.07) is 3.00. The highest BCUT2D eigenvalue weighted by Gasteiger charge is 2.16. The molecular weight excluding hydrogens is 276 g/mol. The molecule has 0 saturated carbocycles. The van der Waals surface area contributed by atoms with Gasteiger partial charge in [0.2, 0.25) is 0 Å². The molecule has 0 spiro atoms. The number of rotatable bonds is 4. The number of carbonyl (C=O) groups is 2. The minimum atomic E-state index is -0.475. The maximum atomic E-state index is 11.6. The van der Waals surface area contributed by atoms with Crippen LogP contribution in [-0.4, -0.2) is 26.0 Å². The van der Waals surface area contributed by atoms with E-state index in [1.165, 1.54) is 19.2 Å². The number of ether oxygens (including phenoxy) is 2. The molecule has 0 radical (unpaired) electrons. The van der Waals surface area contributed by atoms with E-state index in [1.807, 2.05) is 0 Å². The second-order valence-corrected chi connectivity index (χ2v) is 3.77. The molecule has 0 aliphatic rings. The predicted octanol–water partition coefficient (Wildman–Crippen LogP) is 2.45. The molecule has 1 aromatic rings. The minimum Gasteiger partial charge on any atom is -0.496 e. The average molecular weight is 287 g/mol. The van der Waals surface area contributed by atoms with Gasteiger partial charge in [0, 0.05) is 10.0 Å². The van der Waals surface area contributed by atoms with Gasteiger partial charge in [0.15, 0.2) is 6.29 Å². The van der Waals surface area contributed by atoms with Gasteiger partial charge in [-0.15, -0.1) is 0 Å². The Hall–Kier alpha value is -1.36. The second-order valence-electron chi connectivity index (χ2n) is 2.91. The number of benzene rings is 1. The van der Waals surface area contributed by atoms with Crippen molar-refractivity contribution in [2.75, 3.05) is 13.7 Å². The molecule has 0 aliphatic heterocycles. The number of hydrogen-bond acceptors (Lipinski definition) is 4. The lowest BCUT2D eigenvalue weighted by Crippen LogP contribution is -2.07. The van der Waals surface area contributed by atoms with Crippen LogP contribution in [0, 0.1) is 0 Å². The highest BCUT2D eigenvalue weighted by atomic mass is 79.9. The molecule has 0 aromatic heterocycles. The number of esters is 1. The van der Waals surface area contributed by atoms with E-state index >= 15 is 0 Å². The van der Waals surface area contributed by atoms with Gasteiger partial charge in [-0.25, -0.2) is 4.79 Å². The Morgan fingerprint density at radius 2 is 2.19 bits per heavy atom. The fraction of sp³-hybridized carbons (Fsp3) is 0.273. The fourth-order valence-electron chi connectivity index (χ4n) is 1.20. The van der Waals surface area contributed by atoms with Crippen LogP contribution in [0.15, 0.2) is 16.6 Å². The van der Waals surface area contributed by atoms with Gasteiger partial charge >= 0.3 is 5.97 Å². The van der Waals surface area contributed by atoms with Gasteiger partial charge < -0.3 is 9.47 Å². The molecule has 0 N–H and O–H groups in total. The topological polar surface area (TPSA) is 52.6 Å². The largest absolute Gasteiger partial charge is 0.496 e. The summed E-state index contributed by atoms with van der Waals surface area (Å²) in [5.74, 6) is -0.152. The van der Waals surface area contributed by atoms with Crippen LogP contribution in [0.1, 0.15) is 27.6 Å². The number of aldehydes is 1. The molecule has 0 amide bonds. The zero-order valence-electron chi connectivity index (χ0n) is 8.95. The smallest absolute Gasteiger partial charge is 0.341 e. The van der Waals surface area contributed by atoms with Gasteiger partial charge in [0.1, 0.15) is 11.3 Å². The molecule has 4 nitrogen and oxygen atoms in total. The SMILES string of the molecule is CCOC(=O)c1cc(Br)c(C=O)cc1OC. The summed E-state index contributed by atoms with van der Waals surface area (Å²) in [5.41, 5.74) is 0.715. The third kappa shape index (κ3) is 2.61. The first-order valence-corrected chi connectivity index (χ1v) is 5.43. The van der Waals surface area contributed by atoms with Crippen molar-refractivity contribution in [3.8, 4) is 5.75 Å². The van der Waals surface area contributed by atoms with Gasteiger partial charge in [-0.05, 0) is 19.1 Å². The minimum absolute atomic E-state index is 0.287. The van der Waals surface area contributed by atoms with Gasteiger partial charge in [-0.3, -0.25) is 4.79 Å². The normalized spacial score (nSPS) is 9.69. The summed E-state index contributed by atoms with van der Waals surface area (Å²) >= 11 is 3.20. The van der Waals surface area contributed by atoms with Gasteiger partial charge in [-0.1, -0.05) is 15.9 Å². The molecule has 0 atom stereocenters. The van der Waals surface area contributed by atoms with Crippen LogP contribution in [0.5, 0.6) is 5.75 Å². The van der Waals surface area contributed by atoms with Crippen molar-refractivity contribution in [3.05, 3.63) is 27.7 Å². The predicted molar refractivity (Wildman–Crippen MR) is 62.0 cm³/mol. The summed E-state index contributed by atoms with van der Waals surface area (Å²) in [6.07, 6.45) is 0.682. The first kappa shape index (κ1) is 12.7. The van der Waals surface area contributed by atoms with Gasteiger partial charge in [0.05, 0.1) is 13.7 Å². The summed E-state index contributed by atoms with van der Waals surface area (Å²) in [6.45, 7) is 2.01. The monoisotopic (exact) mass is 286 g/mol. The van der Waals surface area contributed by atoms with E-state index < -0.39 is 5.97 Å². The summed E-state index contributed by atoms with van der Waals surface area (Å²) < 4.78 is 10.4. The first-order chi connectivity index (χ1) is 7.63. The molecule has 0 aliphatic carbocycles. The molecule has 1 aromatic carbocycles. The van der Waals surface area contributed by atoms with Crippen LogP contribution in [0.25, 0.3) is 0 Å². The van der Waals surface area contributed by atoms with Crippen LogP contribution in [-0.2, 0) is 4.74 Å². The van der Waals surface area contributed by atoms with Crippen molar-refractivity contribution in [2.45, 2.75) is 6.92 Å². The van der Waals surface area contributed by atoms with Crippen molar-refractivity contribution < 1.29 is 19.1 Å². The van der Waals surface area contributed by atoms with E-state index in [-0.39, 0.29) is 6.61 Å². The standard InChI is InChI=1S/C11H11BrO4/c1-3-16-11(14)8-5-9(12)7(6-13)4-10(8)15-2/h4-6H,3H2,1-2H3. The van der Waals surface area contributed by atoms with Crippen LogP contribution in [0.4, 0.5) is 0 Å². The first-order valence-electron chi connectivity index (χ1n) is 4.63. The number of halogens is 1. The zero-order chi connectivity index (χ0) is 12.1. The highest BCUT2D eigenvalue weighted by Crippen LogP contribution is 2.27. The van der Waals surface area contributed by atoms with Crippen molar-refractivity contribution in [2.24, 2.45) is 0 Å². The van der Waals surface area contributed by atoms with Crippen molar-refractivity contribution in [3.63, 3.8) is 0 Å². The molecule has 16 heavy (non-hydrogen) atoms. The van der Waals surface area contributed by atoms with Gasteiger partial charge in [0.25, 0.3) is 0 Å². The molecule has 5 heteroatoms. The van der Waals surface area contributed by atoms with E-state index in [4.69, 9.17) is 9.47 Å². The maximum Gasteiger partial charge on any atom is 0.341 e. The lowest BCUT2D eigenvalue weighted by Gasteiger charge is -2.09. The highest BCUT2D eigenvalue weighted by molar-refractivity contribution is 9.10. The Morgan fingerprint density at radius 3 is 2.69 bits per heavy atom. The Bertz CT molecular complexity index is 415. The van der Waals surface area contributed by atoms with Crippen molar-refractivity contribution >= 4 is 28.2 Å². The van der Waals surface area contributed by atoms with Crippen LogP contribution in [0.3, 0.4) is 0 Å². The summed E-state index contributed by atoms with van der Waals surface area (Å²) in [7, 11) is 1.43. The number of methoxy groups -OCH3 is 1. The Labute approximate surface area is 102 Å². The molecule has 0 unspecified atom stereocenters. The Kier molecular flexibility index (Phi) is 4.49. The fourth-order valence-corrected chi connectivity index (χ4v) is 1.63. The molecule has 1 rings (SSSR count). The quantitative estimate of drug-likeness (QED) is 0.630. The molecule has 0 bridgehead atoms. The number of hydrogen-bond donors (Lipinski definition) is 0. The molecule has 86 valence electrons. The summed E-state index contributed by atoms with van der Waals surface area (Å²) in [4.78, 5) is 22.3. The van der Waals surface area contributed by atoms with E-state index in [0.717, 1.165) is 0 Å². The number of carbonyl (C=O) groups excluding carboxylic acids is 2. The van der Waals surface area contributed by atoms with E-state index in [9.17, 15) is 9.59 Å².